The van der Waals surface area contributed by atoms with Crippen LogP contribution in [0.3, 0.4) is 0 Å². The number of amides is 1. The summed E-state index contributed by atoms with van der Waals surface area (Å²) in [6.07, 6.45) is 1.23. The van der Waals surface area contributed by atoms with Gasteiger partial charge in [0.2, 0.25) is 0 Å². The van der Waals surface area contributed by atoms with Crippen LogP contribution in [-0.4, -0.2) is 35.5 Å². The maximum Gasteiger partial charge on any atom is 0.254 e. The molecular formula is C27H24ClNO3. The average molecular weight is 446 g/mol. The lowest BCUT2D eigenvalue weighted by Crippen LogP contribution is -2.40. The van der Waals surface area contributed by atoms with E-state index in [1.54, 1.807) is 53.4 Å². The van der Waals surface area contributed by atoms with E-state index in [4.69, 9.17) is 11.6 Å². The van der Waals surface area contributed by atoms with E-state index in [0.29, 0.717) is 47.6 Å². The highest BCUT2D eigenvalue weighted by molar-refractivity contribution is 6.30. The second-order valence-electron chi connectivity index (χ2n) is 8.18. The van der Waals surface area contributed by atoms with Crippen LogP contribution in [-0.2, 0) is 0 Å². The molecule has 1 aliphatic heterocycles. The van der Waals surface area contributed by atoms with Gasteiger partial charge in [-0.3, -0.25) is 14.4 Å². The SMILES string of the molecule is Cc1ccc(C(=O)C2CCN(C(=O)c3ccccc3C(=O)c3ccc(Cl)cc3)CC2)cc1. The molecule has 4 rings (SSSR count). The standard InChI is InChI=1S/C27H24ClNO3/c1-18-6-8-19(9-7-18)25(30)21-14-16-29(17-15-21)27(32)24-5-3-2-4-23(24)26(31)20-10-12-22(28)13-11-20/h2-13,21H,14-17H2,1H3. The molecule has 0 aromatic heterocycles. The van der Waals surface area contributed by atoms with Crippen LogP contribution in [0.5, 0.6) is 0 Å². The van der Waals surface area contributed by atoms with E-state index >= 15 is 0 Å². The monoisotopic (exact) mass is 445 g/mol. The molecule has 1 fully saturated rings. The van der Waals surface area contributed by atoms with Crippen LogP contribution in [0, 0.1) is 12.8 Å². The van der Waals surface area contributed by atoms with Gasteiger partial charge in [-0.1, -0.05) is 59.6 Å². The van der Waals surface area contributed by atoms with E-state index in [1.165, 1.54) is 0 Å². The first-order chi connectivity index (χ1) is 15.4. The molecule has 1 aliphatic rings. The number of rotatable bonds is 5. The molecule has 0 bridgehead atoms. The van der Waals surface area contributed by atoms with Crippen molar-refractivity contribution >= 4 is 29.1 Å². The number of hydrogen-bond donors (Lipinski definition) is 0. The van der Waals surface area contributed by atoms with Crippen LogP contribution in [0.4, 0.5) is 0 Å². The van der Waals surface area contributed by atoms with Crippen LogP contribution < -0.4 is 0 Å². The topological polar surface area (TPSA) is 54.5 Å². The van der Waals surface area contributed by atoms with Crippen LogP contribution in [0.25, 0.3) is 0 Å². The minimum atomic E-state index is -0.213. The lowest BCUT2D eigenvalue weighted by atomic mass is 9.88. The first-order valence-corrected chi connectivity index (χ1v) is 11.1. The minimum Gasteiger partial charge on any atom is -0.339 e. The number of ketones is 2. The summed E-state index contributed by atoms with van der Waals surface area (Å²) in [5.41, 5.74) is 3.08. The van der Waals surface area contributed by atoms with Gasteiger partial charge in [-0.25, -0.2) is 0 Å². The largest absolute Gasteiger partial charge is 0.339 e. The van der Waals surface area contributed by atoms with E-state index in [-0.39, 0.29) is 23.4 Å². The van der Waals surface area contributed by atoms with Crippen molar-refractivity contribution in [2.24, 2.45) is 5.92 Å². The Labute approximate surface area is 192 Å². The van der Waals surface area contributed by atoms with Crippen molar-refractivity contribution in [2.45, 2.75) is 19.8 Å². The van der Waals surface area contributed by atoms with Gasteiger partial charge in [0, 0.05) is 40.7 Å². The van der Waals surface area contributed by atoms with E-state index in [0.717, 1.165) is 11.1 Å². The molecule has 4 nitrogen and oxygen atoms in total. The summed E-state index contributed by atoms with van der Waals surface area (Å²) in [5, 5.41) is 0.550. The third-order valence-corrected chi connectivity index (χ3v) is 6.25. The second-order valence-corrected chi connectivity index (χ2v) is 8.61. The summed E-state index contributed by atoms with van der Waals surface area (Å²) in [4.78, 5) is 40.9. The maximum absolute atomic E-state index is 13.3. The van der Waals surface area contributed by atoms with Crippen molar-refractivity contribution in [3.63, 3.8) is 0 Å². The fraction of sp³-hybridized carbons (Fsp3) is 0.222. The average Bonchev–Trinajstić information content (AvgIpc) is 2.84. The summed E-state index contributed by atoms with van der Waals surface area (Å²) < 4.78 is 0. The Balaban J connectivity index is 1.47. The zero-order chi connectivity index (χ0) is 22.7. The normalized spacial score (nSPS) is 14.2. The predicted molar refractivity (Wildman–Crippen MR) is 125 cm³/mol. The third kappa shape index (κ3) is 4.66. The van der Waals surface area contributed by atoms with Gasteiger partial charge in [0.15, 0.2) is 11.6 Å². The molecule has 0 N–H and O–H groups in total. The Bertz CT molecular complexity index is 1140. The number of Topliss-reactive ketones (excluding diaryl/α,β-unsaturated/α-hetero) is 1. The van der Waals surface area contributed by atoms with Crippen molar-refractivity contribution in [2.75, 3.05) is 13.1 Å². The van der Waals surface area contributed by atoms with Crippen LogP contribution in [0.15, 0.2) is 72.8 Å². The molecule has 3 aromatic rings. The Kier molecular flexibility index (Phi) is 6.52. The third-order valence-electron chi connectivity index (χ3n) is 6.00. The fourth-order valence-corrected chi connectivity index (χ4v) is 4.22. The van der Waals surface area contributed by atoms with E-state index in [2.05, 4.69) is 0 Å². The van der Waals surface area contributed by atoms with Gasteiger partial charge in [0.1, 0.15) is 0 Å². The first-order valence-electron chi connectivity index (χ1n) is 10.7. The van der Waals surface area contributed by atoms with Crippen LogP contribution >= 0.6 is 11.6 Å². The first kappa shape index (κ1) is 22.0. The summed E-state index contributed by atoms with van der Waals surface area (Å²) in [6.45, 7) is 2.98. The Morgan fingerprint density at radius 1 is 0.781 bits per heavy atom. The predicted octanol–water partition coefficient (Wildman–Crippen LogP) is 5.61. The number of nitrogens with zero attached hydrogens (tertiary/aromatic N) is 1. The smallest absolute Gasteiger partial charge is 0.254 e. The molecule has 0 spiro atoms. The number of halogens is 1. The molecule has 1 heterocycles. The second kappa shape index (κ2) is 9.49. The number of carbonyl (C=O) groups excluding carboxylic acids is 3. The zero-order valence-corrected chi connectivity index (χ0v) is 18.6. The Morgan fingerprint density at radius 2 is 1.34 bits per heavy atom. The van der Waals surface area contributed by atoms with Crippen molar-refractivity contribution < 1.29 is 14.4 Å². The Morgan fingerprint density at radius 3 is 1.97 bits per heavy atom. The highest BCUT2D eigenvalue weighted by Crippen LogP contribution is 2.25. The Hall–Kier alpha value is -3.24. The summed E-state index contributed by atoms with van der Waals surface area (Å²) in [7, 11) is 0. The maximum atomic E-state index is 13.3. The summed E-state index contributed by atoms with van der Waals surface area (Å²) in [6, 6.07) is 21.2. The van der Waals surface area contributed by atoms with Crippen molar-refractivity contribution in [1.82, 2.24) is 4.90 Å². The zero-order valence-electron chi connectivity index (χ0n) is 17.9. The number of likely N-dealkylation sites (tertiary alicyclic amines) is 1. The quantitative estimate of drug-likeness (QED) is 0.479. The number of hydrogen-bond acceptors (Lipinski definition) is 3. The fourth-order valence-electron chi connectivity index (χ4n) is 4.09. The minimum absolute atomic E-state index is 0.0901. The number of piperidine rings is 1. The molecule has 3 aromatic carbocycles. The van der Waals surface area contributed by atoms with E-state index in [9.17, 15) is 14.4 Å². The van der Waals surface area contributed by atoms with Gasteiger partial charge in [0.25, 0.3) is 5.91 Å². The summed E-state index contributed by atoms with van der Waals surface area (Å²) in [5.74, 6) is -0.345. The molecule has 0 saturated carbocycles. The van der Waals surface area contributed by atoms with Gasteiger partial charge in [-0.05, 0) is 50.1 Å². The molecule has 32 heavy (non-hydrogen) atoms. The molecule has 1 saturated heterocycles. The van der Waals surface area contributed by atoms with Gasteiger partial charge in [-0.15, -0.1) is 0 Å². The molecule has 0 radical (unpaired) electrons. The lowest BCUT2D eigenvalue weighted by Gasteiger charge is -2.31. The summed E-state index contributed by atoms with van der Waals surface area (Å²) >= 11 is 5.93. The van der Waals surface area contributed by atoms with Crippen molar-refractivity contribution in [3.05, 3.63) is 106 Å². The molecule has 0 aliphatic carbocycles. The molecular weight excluding hydrogens is 422 g/mol. The molecule has 0 unspecified atom stereocenters. The molecule has 162 valence electrons. The highest BCUT2D eigenvalue weighted by atomic mass is 35.5. The van der Waals surface area contributed by atoms with Crippen LogP contribution in [0.2, 0.25) is 5.02 Å². The number of benzene rings is 3. The number of carbonyl (C=O) groups is 3. The van der Waals surface area contributed by atoms with E-state index < -0.39 is 0 Å². The lowest BCUT2D eigenvalue weighted by molar-refractivity contribution is 0.0648. The van der Waals surface area contributed by atoms with Crippen molar-refractivity contribution in [1.29, 1.82) is 0 Å². The molecule has 0 atom stereocenters. The van der Waals surface area contributed by atoms with Crippen LogP contribution in [0.1, 0.15) is 55.0 Å². The molecule has 1 amide bonds. The highest BCUT2D eigenvalue weighted by Gasteiger charge is 2.30. The van der Waals surface area contributed by atoms with Gasteiger partial charge >= 0.3 is 0 Å². The van der Waals surface area contributed by atoms with Gasteiger partial charge in [-0.2, -0.15) is 0 Å². The van der Waals surface area contributed by atoms with Gasteiger partial charge < -0.3 is 4.90 Å². The van der Waals surface area contributed by atoms with Gasteiger partial charge in [0.05, 0.1) is 5.56 Å². The number of aryl methyl sites for hydroxylation is 1. The van der Waals surface area contributed by atoms with Crippen molar-refractivity contribution in [3.8, 4) is 0 Å². The van der Waals surface area contributed by atoms with E-state index in [1.807, 2.05) is 31.2 Å². The molecule has 5 heteroatoms.